The number of phenolic OH excluding ortho intramolecular Hbond substituents is 1. The highest BCUT2D eigenvalue weighted by molar-refractivity contribution is 5.98. The smallest absolute Gasteiger partial charge is 0.245 e. The van der Waals surface area contributed by atoms with Gasteiger partial charge in [0.15, 0.2) is 0 Å². The van der Waals surface area contributed by atoms with E-state index in [1.54, 1.807) is 0 Å². The van der Waals surface area contributed by atoms with Crippen molar-refractivity contribution in [3.05, 3.63) is 29.8 Å². The number of carbonyl (C=O) groups is 6. The normalized spacial score (nSPS) is 24.2. The van der Waals surface area contributed by atoms with Crippen LogP contribution in [0.5, 0.6) is 5.75 Å². The van der Waals surface area contributed by atoms with Gasteiger partial charge < -0.3 is 47.6 Å². The Balaban J connectivity index is 2.37. The number of hydrogen-bond acceptors (Lipinski definition) is 9. The van der Waals surface area contributed by atoms with Crippen molar-refractivity contribution in [1.82, 2.24) is 26.6 Å². The van der Waals surface area contributed by atoms with Gasteiger partial charge in [-0.05, 0) is 17.7 Å². The lowest BCUT2D eigenvalue weighted by Gasteiger charge is -2.24. The standard InChI is InChI=1S/C21H28N6O9/c22-16(31)6-13-20(35)26-14(8-28)18(33)23-7-17(32)24-12(5-10-1-3-11(30)4-2-10)19(34)27-15(9-29)21(36)25-13/h1-4,12-15,28-30H,5-9H2,(H2,22,31)(H,23,33)(H,24,32)(H,25,36)(H,26,35)(H,27,34)/t12-,13-,14-,15-/m0/s1. The largest absolute Gasteiger partial charge is 0.508 e. The lowest BCUT2D eigenvalue weighted by molar-refractivity contribution is -0.135. The summed E-state index contributed by atoms with van der Waals surface area (Å²) < 4.78 is 0. The Morgan fingerprint density at radius 2 is 1.28 bits per heavy atom. The molecule has 0 aliphatic carbocycles. The number of rotatable bonds is 6. The van der Waals surface area contributed by atoms with Crippen LogP contribution in [0.2, 0.25) is 0 Å². The minimum atomic E-state index is -1.60. The van der Waals surface area contributed by atoms with Crippen LogP contribution in [0, 0.1) is 0 Å². The van der Waals surface area contributed by atoms with E-state index in [1.165, 1.54) is 24.3 Å². The molecule has 1 fully saturated rings. The zero-order valence-electron chi connectivity index (χ0n) is 19.0. The number of benzene rings is 1. The van der Waals surface area contributed by atoms with Gasteiger partial charge in [0, 0.05) is 6.42 Å². The third-order valence-electron chi connectivity index (χ3n) is 5.12. The molecule has 2 rings (SSSR count). The first-order valence-electron chi connectivity index (χ1n) is 10.8. The summed E-state index contributed by atoms with van der Waals surface area (Å²) in [6.07, 6.45) is -0.776. The van der Waals surface area contributed by atoms with E-state index in [1.807, 2.05) is 0 Å². The minimum absolute atomic E-state index is 0.0267. The summed E-state index contributed by atoms with van der Waals surface area (Å²) in [5.74, 6) is -5.75. The molecule has 36 heavy (non-hydrogen) atoms. The number of aliphatic hydroxyl groups excluding tert-OH is 2. The van der Waals surface area contributed by atoms with Gasteiger partial charge in [-0.15, -0.1) is 0 Å². The Morgan fingerprint density at radius 1 is 0.778 bits per heavy atom. The first-order chi connectivity index (χ1) is 17.0. The highest BCUT2D eigenvalue weighted by Crippen LogP contribution is 2.12. The Labute approximate surface area is 204 Å². The van der Waals surface area contributed by atoms with E-state index < -0.39 is 85.8 Å². The third kappa shape index (κ3) is 8.21. The van der Waals surface area contributed by atoms with Gasteiger partial charge >= 0.3 is 0 Å². The molecular formula is C21H28N6O9. The number of nitrogens with one attached hydrogen (secondary N) is 5. The molecule has 10 N–H and O–H groups in total. The van der Waals surface area contributed by atoms with Crippen molar-refractivity contribution in [2.45, 2.75) is 37.0 Å². The molecule has 1 saturated heterocycles. The average molecular weight is 508 g/mol. The predicted molar refractivity (Wildman–Crippen MR) is 121 cm³/mol. The molecule has 15 heteroatoms. The van der Waals surface area contributed by atoms with E-state index in [-0.39, 0.29) is 12.2 Å². The van der Waals surface area contributed by atoms with Crippen molar-refractivity contribution in [3.63, 3.8) is 0 Å². The number of aromatic hydroxyl groups is 1. The van der Waals surface area contributed by atoms with Crippen LogP contribution in [0.1, 0.15) is 12.0 Å². The molecule has 1 aromatic carbocycles. The number of primary amides is 1. The van der Waals surface area contributed by atoms with Crippen LogP contribution in [0.4, 0.5) is 0 Å². The number of aliphatic hydroxyl groups is 2. The van der Waals surface area contributed by atoms with Crippen LogP contribution >= 0.6 is 0 Å². The lowest BCUT2D eigenvalue weighted by atomic mass is 10.0. The van der Waals surface area contributed by atoms with Crippen LogP contribution < -0.4 is 32.3 Å². The molecule has 1 aromatic rings. The Bertz CT molecular complexity index is 1000. The summed E-state index contributed by atoms with van der Waals surface area (Å²) in [7, 11) is 0. The molecule has 1 heterocycles. The van der Waals surface area contributed by atoms with E-state index >= 15 is 0 Å². The van der Waals surface area contributed by atoms with Gasteiger partial charge in [-0.3, -0.25) is 28.8 Å². The molecule has 1 aliphatic heterocycles. The van der Waals surface area contributed by atoms with Crippen molar-refractivity contribution in [3.8, 4) is 5.75 Å². The van der Waals surface area contributed by atoms with Gasteiger partial charge in [0.2, 0.25) is 35.4 Å². The number of hydrogen-bond donors (Lipinski definition) is 9. The molecule has 0 radical (unpaired) electrons. The Kier molecular flexibility index (Phi) is 10.1. The summed E-state index contributed by atoms with van der Waals surface area (Å²) in [6, 6.07) is -0.267. The number of nitrogens with two attached hydrogens (primary N) is 1. The Morgan fingerprint density at radius 3 is 1.83 bits per heavy atom. The molecule has 0 saturated carbocycles. The van der Waals surface area contributed by atoms with Crippen LogP contribution in [-0.4, -0.2) is 94.7 Å². The highest BCUT2D eigenvalue weighted by atomic mass is 16.3. The van der Waals surface area contributed by atoms with E-state index in [0.717, 1.165) is 0 Å². The number of carbonyl (C=O) groups excluding carboxylic acids is 6. The van der Waals surface area contributed by atoms with Gasteiger partial charge in [-0.25, -0.2) is 0 Å². The summed E-state index contributed by atoms with van der Waals surface area (Å²) >= 11 is 0. The van der Waals surface area contributed by atoms with Crippen molar-refractivity contribution >= 4 is 35.4 Å². The first kappa shape index (κ1) is 28.0. The summed E-state index contributed by atoms with van der Waals surface area (Å²) in [5, 5.41) is 39.8. The second-order valence-corrected chi connectivity index (χ2v) is 7.93. The van der Waals surface area contributed by atoms with Gasteiger partial charge in [0.25, 0.3) is 0 Å². The van der Waals surface area contributed by atoms with Gasteiger partial charge in [0.05, 0.1) is 26.2 Å². The fourth-order valence-electron chi connectivity index (χ4n) is 3.23. The SMILES string of the molecule is NC(=O)C[C@@H]1NC(=O)[C@H](CO)NC(=O)[C@H](Cc2ccc(O)cc2)NC(=O)CNC(=O)[C@H](CO)NC1=O. The zero-order chi connectivity index (χ0) is 26.8. The second-order valence-electron chi connectivity index (χ2n) is 7.93. The van der Waals surface area contributed by atoms with Crippen molar-refractivity contribution in [2.24, 2.45) is 5.73 Å². The van der Waals surface area contributed by atoms with E-state index in [0.29, 0.717) is 5.56 Å². The molecular weight excluding hydrogens is 480 g/mol. The maximum atomic E-state index is 12.9. The third-order valence-corrected chi connectivity index (χ3v) is 5.12. The molecule has 4 atom stereocenters. The predicted octanol–water partition coefficient (Wildman–Crippen LogP) is -5.14. The van der Waals surface area contributed by atoms with Crippen LogP contribution in [0.3, 0.4) is 0 Å². The highest BCUT2D eigenvalue weighted by Gasteiger charge is 2.32. The van der Waals surface area contributed by atoms with E-state index in [2.05, 4.69) is 26.6 Å². The van der Waals surface area contributed by atoms with E-state index in [4.69, 9.17) is 5.73 Å². The van der Waals surface area contributed by atoms with Crippen LogP contribution in [0.15, 0.2) is 24.3 Å². The maximum absolute atomic E-state index is 12.9. The topological polar surface area (TPSA) is 249 Å². The molecule has 1 aliphatic rings. The molecule has 6 amide bonds. The monoisotopic (exact) mass is 508 g/mol. The number of amides is 6. The minimum Gasteiger partial charge on any atom is -0.508 e. The summed E-state index contributed by atoms with van der Waals surface area (Å²) in [4.78, 5) is 74.4. The summed E-state index contributed by atoms with van der Waals surface area (Å²) in [6.45, 7) is -2.41. The average Bonchev–Trinajstić information content (AvgIpc) is 2.83. The first-order valence-corrected chi connectivity index (χ1v) is 10.8. The van der Waals surface area contributed by atoms with Gasteiger partial charge in [0.1, 0.15) is 29.9 Å². The van der Waals surface area contributed by atoms with Crippen molar-refractivity contribution in [1.29, 1.82) is 0 Å². The van der Waals surface area contributed by atoms with Gasteiger partial charge in [-0.2, -0.15) is 0 Å². The number of phenols is 1. The molecule has 0 bridgehead atoms. The Hall–Kier alpha value is -4.24. The molecule has 0 aromatic heterocycles. The molecule has 196 valence electrons. The molecule has 0 unspecified atom stereocenters. The second kappa shape index (κ2) is 13.0. The van der Waals surface area contributed by atoms with Gasteiger partial charge in [-0.1, -0.05) is 12.1 Å². The lowest BCUT2D eigenvalue weighted by Crippen LogP contribution is -2.59. The quantitative estimate of drug-likeness (QED) is 0.178. The van der Waals surface area contributed by atoms with Crippen molar-refractivity contribution < 1.29 is 44.1 Å². The van der Waals surface area contributed by atoms with Crippen LogP contribution in [0.25, 0.3) is 0 Å². The van der Waals surface area contributed by atoms with Crippen molar-refractivity contribution in [2.75, 3.05) is 19.8 Å². The fourth-order valence-corrected chi connectivity index (χ4v) is 3.23. The zero-order valence-corrected chi connectivity index (χ0v) is 19.0. The maximum Gasteiger partial charge on any atom is 0.245 e. The summed E-state index contributed by atoms with van der Waals surface area (Å²) in [5.41, 5.74) is 5.66. The molecule has 15 nitrogen and oxygen atoms in total. The van der Waals surface area contributed by atoms with Crippen LogP contribution in [-0.2, 0) is 35.2 Å². The molecule has 0 spiro atoms. The van der Waals surface area contributed by atoms with E-state index in [9.17, 15) is 44.1 Å². The fraction of sp³-hybridized carbons (Fsp3) is 0.429.